The number of aromatic nitrogens is 1. The number of nitrogens with zero attached hydrogens (tertiary/aromatic N) is 2. The maximum atomic E-state index is 12.9. The minimum absolute atomic E-state index is 0.0989. The van der Waals surface area contributed by atoms with Gasteiger partial charge in [0.05, 0.1) is 23.8 Å². The molecule has 0 aliphatic heterocycles. The molecule has 3 rings (SSSR count). The number of rotatable bonds is 10. The van der Waals surface area contributed by atoms with Crippen LogP contribution in [-0.2, 0) is 32.3 Å². The predicted octanol–water partition coefficient (Wildman–Crippen LogP) is 1.70. The van der Waals surface area contributed by atoms with Crippen LogP contribution in [0.5, 0.6) is 0 Å². The fourth-order valence-corrected chi connectivity index (χ4v) is 4.58. The summed E-state index contributed by atoms with van der Waals surface area (Å²) in [6.45, 7) is 0.956. The van der Waals surface area contributed by atoms with Crippen molar-refractivity contribution in [2.24, 2.45) is 0 Å². The number of carbonyl (C=O) groups excluding carboxylic acids is 1. The highest BCUT2D eigenvalue weighted by atomic mass is 32.2. The quantitative estimate of drug-likeness (QED) is 0.619. The first-order valence-electron chi connectivity index (χ1n) is 9.34. The number of benzene rings is 1. The van der Waals surface area contributed by atoms with Crippen molar-refractivity contribution in [2.75, 3.05) is 45.8 Å². The second-order valence-electron chi connectivity index (χ2n) is 6.66. The van der Waals surface area contributed by atoms with Crippen molar-refractivity contribution in [3.8, 4) is 0 Å². The molecular formula is C19H25N3O6S. The maximum Gasteiger partial charge on any atom is 0.258 e. The lowest BCUT2D eigenvalue weighted by molar-refractivity contribution is 0.102. The van der Waals surface area contributed by atoms with Gasteiger partial charge in [-0.2, -0.15) is 4.31 Å². The van der Waals surface area contributed by atoms with Gasteiger partial charge >= 0.3 is 0 Å². The number of hydrogen-bond donors (Lipinski definition) is 1. The molecule has 1 aromatic carbocycles. The van der Waals surface area contributed by atoms with E-state index in [1.54, 1.807) is 0 Å². The van der Waals surface area contributed by atoms with Gasteiger partial charge in [-0.05, 0) is 43.5 Å². The van der Waals surface area contributed by atoms with Gasteiger partial charge in [0.1, 0.15) is 0 Å². The Labute approximate surface area is 170 Å². The summed E-state index contributed by atoms with van der Waals surface area (Å²) in [6.07, 6.45) is 2.67. The van der Waals surface area contributed by atoms with Gasteiger partial charge in [-0.15, -0.1) is 0 Å². The van der Waals surface area contributed by atoms with Crippen molar-refractivity contribution >= 4 is 21.8 Å². The van der Waals surface area contributed by atoms with Crippen molar-refractivity contribution in [1.29, 1.82) is 0 Å². The molecule has 0 atom stereocenters. The molecule has 1 aliphatic rings. The predicted molar refractivity (Wildman–Crippen MR) is 105 cm³/mol. The standard InChI is InChI=1S/C19H25N3O6S/c1-26-12-10-22(11-13-27-2)29(24,25)15-8-6-14(7-9-15)18(23)20-19-16-4-3-5-17(16)21-28-19/h6-9H,3-5,10-13H2,1-2H3,(H,20,23). The molecule has 1 aliphatic carbocycles. The summed E-state index contributed by atoms with van der Waals surface area (Å²) in [5.74, 6) is -0.0140. The van der Waals surface area contributed by atoms with E-state index < -0.39 is 10.0 Å². The molecule has 158 valence electrons. The molecule has 0 unspecified atom stereocenters. The Morgan fingerprint density at radius 3 is 2.41 bits per heavy atom. The number of anilines is 1. The van der Waals surface area contributed by atoms with Crippen LogP contribution in [-0.4, -0.2) is 64.3 Å². The van der Waals surface area contributed by atoms with Crippen LogP contribution in [0.2, 0.25) is 0 Å². The van der Waals surface area contributed by atoms with E-state index in [0.29, 0.717) is 11.4 Å². The zero-order valence-corrected chi connectivity index (χ0v) is 17.3. The first kappa shape index (κ1) is 21.4. The van der Waals surface area contributed by atoms with Crippen LogP contribution in [0.3, 0.4) is 0 Å². The van der Waals surface area contributed by atoms with E-state index in [-0.39, 0.29) is 37.1 Å². The SMILES string of the molecule is COCCN(CCOC)S(=O)(=O)c1ccc(C(=O)Nc2onc3c2CCC3)cc1. The lowest BCUT2D eigenvalue weighted by Crippen LogP contribution is -2.36. The zero-order chi connectivity index (χ0) is 20.9. The van der Waals surface area contributed by atoms with Crippen molar-refractivity contribution in [1.82, 2.24) is 9.46 Å². The summed E-state index contributed by atoms with van der Waals surface area (Å²) in [5.41, 5.74) is 2.14. The average molecular weight is 423 g/mol. The topological polar surface area (TPSA) is 111 Å². The molecule has 0 saturated heterocycles. The second kappa shape index (κ2) is 9.49. The Hall–Kier alpha value is -2.27. The number of carbonyl (C=O) groups is 1. The van der Waals surface area contributed by atoms with Crippen LogP contribution in [0.15, 0.2) is 33.7 Å². The largest absolute Gasteiger partial charge is 0.383 e. The van der Waals surface area contributed by atoms with Crippen LogP contribution < -0.4 is 5.32 Å². The van der Waals surface area contributed by atoms with Gasteiger partial charge in [0, 0.05) is 38.4 Å². The van der Waals surface area contributed by atoms with Crippen LogP contribution >= 0.6 is 0 Å². The Bertz CT molecular complexity index is 931. The molecule has 1 heterocycles. The van der Waals surface area contributed by atoms with Crippen LogP contribution in [0, 0.1) is 0 Å². The fraction of sp³-hybridized carbons (Fsp3) is 0.474. The van der Waals surface area contributed by atoms with Gasteiger partial charge in [0.25, 0.3) is 5.91 Å². The van der Waals surface area contributed by atoms with E-state index in [0.717, 1.165) is 30.5 Å². The first-order chi connectivity index (χ1) is 14.0. The number of hydrogen-bond acceptors (Lipinski definition) is 7. The lowest BCUT2D eigenvalue weighted by atomic mass is 10.2. The highest BCUT2D eigenvalue weighted by Crippen LogP contribution is 2.28. The number of aryl methyl sites for hydroxylation is 1. The molecule has 1 aromatic heterocycles. The molecule has 9 nitrogen and oxygen atoms in total. The third-order valence-corrected chi connectivity index (χ3v) is 6.69. The van der Waals surface area contributed by atoms with Gasteiger partial charge < -0.3 is 14.0 Å². The lowest BCUT2D eigenvalue weighted by Gasteiger charge is -2.21. The van der Waals surface area contributed by atoms with Gasteiger partial charge in [0.15, 0.2) is 0 Å². The van der Waals surface area contributed by atoms with Crippen molar-refractivity contribution in [3.05, 3.63) is 41.1 Å². The fourth-order valence-electron chi connectivity index (χ4n) is 3.17. The summed E-state index contributed by atoms with van der Waals surface area (Å²) >= 11 is 0. The number of fused-ring (bicyclic) bond motifs is 1. The Morgan fingerprint density at radius 1 is 1.14 bits per heavy atom. The van der Waals surface area contributed by atoms with Gasteiger partial charge in [-0.25, -0.2) is 8.42 Å². The number of nitrogens with one attached hydrogen (secondary N) is 1. The minimum Gasteiger partial charge on any atom is -0.383 e. The van der Waals surface area contributed by atoms with Gasteiger partial charge in [-0.3, -0.25) is 10.1 Å². The van der Waals surface area contributed by atoms with Crippen molar-refractivity contribution < 1.29 is 27.2 Å². The number of sulfonamides is 1. The van der Waals surface area contributed by atoms with Crippen molar-refractivity contribution in [3.63, 3.8) is 0 Å². The smallest absolute Gasteiger partial charge is 0.258 e. The molecular weight excluding hydrogens is 398 g/mol. The van der Waals surface area contributed by atoms with E-state index in [1.165, 1.54) is 42.8 Å². The summed E-state index contributed by atoms with van der Waals surface area (Å²) < 4.78 is 42.3. The average Bonchev–Trinajstić information content (AvgIpc) is 3.33. The number of amides is 1. The summed E-state index contributed by atoms with van der Waals surface area (Å²) in [6, 6.07) is 5.79. The molecule has 1 amide bonds. The molecule has 0 bridgehead atoms. The van der Waals surface area contributed by atoms with Crippen LogP contribution in [0.25, 0.3) is 0 Å². The molecule has 0 fully saturated rings. The second-order valence-corrected chi connectivity index (χ2v) is 8.60. The molecule has 2 aromatic rings. The first-order valence-corrected chi connectivity index (χ1v) is 10.8. The number of methoxy groups -OCH3 is 2. The molecule has 0 spiro atoms. The van der Waals surface area contributed by atoms with E-state index in [1.807, 2.05) is 0 Å². The molecule has 0 saturated carbocycles. The van der Waals surface area contributed by atoms with E-state index in [4.69, 9.17) is 14.0 Å². The summed E-state index contributed by atoms with van der Waals surface area (Å²) in [5, 5.41) is 6.68. The maximum absolute atomic E-state index is 12.9. The minimum atomic E-state index is -3.73. The molecule has 0 radical (unpaired) electrons. The Balaban J connectivity index is 1.72. The van der Waals surface area contributed by atoms with E-state index in [9.17, 15) is 13.2 Å². The molecule has 1 N–H and O–H groups in total. The highest BCUT2D eigenvalue weighted by Gasteiger charge is 2.25. The van der Waals surface area contributed by atoms with E-state index >= 15 is 0 Å². The Kier molecular flexibility index (Phi) is 7.01. The van der Waals surface area contributed by atoms with Crippen LogP contribution in [0.4, 0.5) is 5.88 Å². The van der Waals surface area contributed by atoms with Gasteiger partial charge in [0.2, 0.25) is 15.9 Å². The summed E-state index contributed by atoms with van der Waals surface area (Å²) in [7, 11) is -0.708. The normalized spacial score (nSPS) is 13.6. The summed E-state index contributed by atoms with van der Waals surface area (Å²) in [4.78, 5) is 12.6. The highest BCUT2D eigenvalue weighted by molar-refractivity contribution is 7.89. The third kappa shape index (κ3) is 4.84. The molecule has 10 heteroatoms. The van der Waals surface area contributed by atoms with Crippen molar-refractivity contribution in [2.45, 2.75) is 24.2 Å². The van der Waals surface area contributed by atoms with E-state index in [2.05, 4.69) is 10.5 Å². The monoisotopic (exact) mass is 423 g/mol. The van der Waals surface area contributed by atoms with Crippen LogP contribution in [0.1, 0.15) is 28.0 Å². The van der Waals surface area contributed by atoms with Gasteiger partial charge in [-0.1, -0.05) is 5.16 Å². The molecule has 29 heavy (non-hydrogen) atoms. The Morgan fingerprint density at radius 2 is 1.79 bits per heavy atom. The third-order valence-electron chi connectivity index (χ3n) is 4.78. The number of ether oxygens (including phenoxy) is 2. The zero-order valence-electron chi connectivity index (χ0n) is 16.5.